The third kappa shape index (κ3) is 4.35. The molecular formula is C21H18N2O7. The van der Waals surface area contributed by atoms with E-state index < -0.39 is 22.4 Å². The molecule has 0 aliphatic rings. The molecule has 9 nitrogen and oxygen atoms in total. The molecule has 0 bridgehead atoms. The summed E-state index contributed by atoms with van der Waals surface area (Å²) in [7, 11) is 0. The van der Waals surface area contributed by atoms with Crippen LogP contribution >= 0.6 is 0 Å². The minimum Gasteiger partial charge on any atom is -0.423 e. The Kier molecular flexibility index (Phi) is 5.63. The van der Waals surface area contributed by atoms with E-state index in [1.807, 2.05) is 0 Å². The minimum absolute atomic E-state index is 0.00885. The van der Waals surface area contributed by atoms with Crippen molar-refractivity contribution in [1.29, 1.82) is 0 Å². The van der Waals surface area contributed by atoms with Crippen molar-refractivity contribution in [2.45, 2.75) is 26.8 Å². The van der Waals surface area contributed by atoms with Gasteiger partial charge in [-0.05, 0) is 45.0 Å². The zero-order valence-corrected chi connectivity index (χ0v) is 16.4. The van der Waals surface area contributed by atoms with Crippen LogP contribution in [0.2, 0.25) is 0 Å². The molecule has 0 spiro atoms. The lowest BCUT2D eigenvalue weighted by Gasteiger charge is -2.09. The molecule has 30 heavy (non-hydrogen) atoms. The van der Waals surface area contributed by atoms with E-state index in [9.17, 15) is 24.5 Å². The van der Waals surface area contributed by atoms with Crippen LogP contribution in [-0.2, 0) is 0 Å². The largest absolute Gasteiger partial charge is 0.423 e. The minimum atomic E-state index is -0.821. The highest BCUT2D eigenvalue weighted by molar-refractivity contribution is 5.97. The number of rotatable bonds is 5. The Balaban J connectivity index is 1.88. The lowest BCUT2D eigenvalue weighted by Crippen LogP contribution is -2.33. The maximum absolute atomic E-state index is 12.4. The highest BCUT2D eigenvalue weighted by Crippen LogP contribution is 2.23. The summed E-state index contributed by atoms with van der Waals surface area (Å²) in [5, 5.41) is 14.1. The second-order valence-electron chi connectivity index (χ2n) is 6.92. The number of nitro benzene ring substituents is 1. The second-order valence-corrected chi connectivity index (χ2v) is 6.92. The summed E-state index contributed by atoms with van der Waals surface area (Å²) in [6.07, 6.45) is 0. The smallest absolute Gasteiger partial charge is 0.349 e. The summed E-state index contributed by atoms with van der Waals surface area (Å²) in [4.78, 5) is 47.1. The van der Waals surface area contributed by atoms with Gasteiger partial charge in [0.2, 0.25) is 0 Å². The van der Waals surface area contributed by atoms with Gasteiger partial charge in [-0.3, -0.25) is 14.9 Å². The SMILES string of the molecule is Cc1ccc(C(=O)Oc2ccc3cc(C(=O)NC(C)C)c(=O)oc3c2)cc1[N+](=O)[O-]. The predicted octanol–water partition coefficient (Wildman–Crippen LogP) is 3.37. The number of aryl methyl sites for hydroxylation is 1. The van der Waals surface area contributed by atoms with Crippen molar-refractivity contribution < 1.29 is 23.7 Å². The molecule has 1 N–H and O–H groups in total. The van der Waals surface area contributed by atoms with Crippen molar-refractivity contribution in [2.75, 3.05) is 0 Å². The number of hydrogen-bond acceptors (Lipinski definition) is 7. The number of nitro groups is 1. The number of esters is 1. The van der Waals surface area contributed by atoms with Gasteiger partial charge in [-0.25, -0.2) is 9.59 Å². The molecule has 0 saturated carbocycles. The fourth-order valence-corrected chi connectivity index (χ4v) is 2.75. The Hall–Kier alpha value is -4.01. The van der Waals surface area contributed by atoms with Crippen LogP contribution in [-0.4, -0.2) is 22.8 Å². The van der Waals surface area contributed by atoms with E-state index in [1.165, 1.54) is 36.4 Å². The van der Waals surface area contributed by atoms with Crippen LogP contribution in [0, 0.1) is 17.0 Å². The van der Waals surface area contributed by atoms with E-state index in [2.05, 4.69) is 5.32 Å². The van der Waals surface area contributed by atoms with E-state index >= 15 is 0 Å². The molecule has 0 aliphatic heterocycles. The van der Waals surface area contributed by atoms with Crippen molar-refractivity contribution in [3.8, 4) is 5.75 Å². The molecule has 1 amide bonds. The molecule has 3 aromatic rings. The highest BCUT2D eigenvalue weighted by Gasteiger charge is 2.18. The Morgan fingerprint density at radius 2 is 1.87 bits per heavy atom. The molecule has 0 fully saturated rings. The van der Waals surface area contributed by atoms with Gasteiger partial charge in [-0.1, -0.05) is 6.07 Å². The van der Waals surface area contributed by atoms with Crippen molar-refractivity contribution in [3.63, 3.8) is 0 Å². The van der Waals surface area contributed by atoms with Crippen LogP contribution in [0.25, 0.3) is 11.0 Å². The van der Waals surface area contributed by atoms with Crippen LogP contribution in [0.1, 0.15) is 40.1 Å². The first kappa shape index (κ1) is 20.7. The number of nitrogens with one attached hydrogen (secondary N) is 1. The Labute approximate surface area is 170 Å². The number of carbonyl (C=O) groups is 2. The van der Waals surface area contributed by atoms with E-state index in [-0.39, 0.29) is 34.2 Å². The summed E-state index contributed by atoms with van der Waals surface area (Å²) in [6.45, 7) is 5.10. The molecule has 2 aromatic carbocycles. The average Bonchev–Trinajstić information content (AvgIpc) is 2.66. The van der Waals surface area contributed by atoms with Gasteiger partial charge in [-0.2, -0.15) is 0 Å². The molecule has 1 aromatic heterocycles. The van der Waals surface area contributed by atoms with Gasteiger partial charge >= 0.3 is 11.6 Å². The van der Waals surface area contributed by atoms with Gasteiger partial charge in [0.15, 0.2) is 0 Å². The van der Waals surface area contributed by atoms with Gasteiger partial charge in [0.05, 0.1) is 10.5 Å². The summed E-state index contributed by atoms with van der Waals surface area (Å²) in [6, 6.07) is 9.60. The van der Waals surface area contributed by atoms with Crippen molar-refractivity contribution in [2.24, 2.45) is 0 Å². The Bertz CT molecular complexity index is 1230. The lowest BCUT2D eigenvalue weighted by atomic mass is 10.1. The first-order valence-corrected chi connectivity index (χ1v) is 9.01. The van der Waals surface area contributed by atoms with Gasteiger partial charge in [-0.15, -0.1) is 0 Å². The number of ether oxygens (including phenoxy) is 1. The standard InChI is InChI=1S/C21H18N2O7/c1-11(2)22-19(24)16-8-13-6-7-15(10-18(13)30-21(16)26)29-20(25)14-5-4-12(3)17(9-14)23(27)28/h4-11H,1-3H3,(H,22,24). The molecule has 0 saturated heterocycles. The monoisotopic (exact) mass is 410 g/mol. The van der Waals surface area contributed by atoms with E-state index in [4.69, 9.17) is 9.15 Å². The molecular weight excluding hydrogens is 392 g/mol. The summed E-state index contributed by atoms with van der Waals surface area (Å²) >= 11 is 0. The lowest BCUT2D eigenvalue weighted by molar-refractivity contribution is -0.385. The maximum Gasteiger partial charge on any atom is 0.349 e. The molecule has 3 rings (SSSR count). The second kappa shape index (κ2) is 8.16. The van der Waals surface area contributed by atoms with Gasteiger partial charge < -0.3 is 14.5 Å². The number of amides is 1. The quantitative estimate of drug-likeness (QED) is 0.224. The molecule has 9 heteroatoms. The number of nitrogens with zero attached hydrogens (tertiary/aromatic N) is 1. The fourth-order valence-electron chi connectivity index (χ4n) is 2.75. The van der Waals surface area contributed by atoms with Crippen LogP contribution in [0.15, 0.2) is 51.7 Å². The zero-order valence-electron chi connectivity index (χ0n) is 16.4. The third-order valence-electron chi connectivity index (χ3n) is 4.22. The molecule has 154 valence electrons. The van der Waals surface area contributed by atoms with E-state index in [0.717, 1.165) is 6.07 Å². The van der Waals surface area contributed by atoms with Gasteiger partial charge in [0, 0.05) is 29.1 Å². The summed E-state index contributed by atoms with van der Waals surface area (Å²) < 4.78 is 10.4. The van der Waals surface area contributed by atoms with E-state index in [0.29, 0.717) is 10.9 Å². The van der Waals surface area contributed by atoms with Gasteiger partial charge in [0.1, 0.15) is 16.9 Å². The summed E-state index contributed by atoms with van der Waals surface area (Å²) in [5.41, 5.74) is -0.593. The van der Waals surface area contributed by atoms with E-state index in [1.54, 1.807) is 20.8 Å². The van der Waals surface area contributed by atoms with Crippen LogP contribution < -0.4 is 15.7 Å². The highest BCUT2D eigenvalue weighted by atomic mass is 16.6. The van der Waals surface area contributed by atoms with Crippen LogP contribution in [0.3, 0.4) is 0 Å². The first-order valence-electron chi connectivity index (χ1n) is 9.01. The molecule has 0 aliphatic carbocycles. The van der Waals surface area contributed by atoms with Crippen LogP contribution in [0.4, 0.5) is 5.69 Å². The number of benzene rings is 2. The number of fused-ring (bicyclic) bond motifs is 1. The average molecular weight is 410 g/mol. The van der Waals surface area contributed by atoms with Crippen molar-refractivity contribution in [3.05, 3.63) is 79.7 Å². The molecule has 0 radical (unpaired) electrons. The van der Waals surface area contributed by atoms with Crippen molar-refractivity contribution >= 4 is 28.5 Å². The number of hydrogen-bond donors (Lipinski definition) is 1. The Morgan fingerprint density at radius 1 is 1.13 bits per heavy atom. The molecule has 0 atom stereocenters. The third-order valence-corrected chi connectivity index (χ3v) is 4.22. The normalized spacial score (nSPS) is 10.8. The molecule has 0 unspecified atom stereocenters. The van der Waals surface area contributed by atoms with Crippen LogP contribution in [0.5, 0.6) is 5.75 Å². The van der Waals surface area contributed by atoms with Gasteiger partial charge in [0.25, 0.3) is 11.6 Å². The topological polar surface area (TPSA) is 129 Å². The molecule has 1 heterocycles. The van der Waals surface area contributed by atoms with Crippen molar-refractivity contribution in [1.82, 2.24) is 5.32 Å². The first-order chi connectivity index (χ1) is 14.2. The predicted molar refractivity (Wildman–Crippen MR) is 108 cm³/mol. The summed E-state index contributed by atoms with van der Waals surface area (Å²) in [5.74, 6) is -1.26. The zero-order chi connectivity index (χ0) is 22.0. The maximum atomic E-state index is 12.4. The number of carbonyl (C=O) groups excluding carboxylic acids is 2. The Morgan fingerprint density at radius 3 is 2.53 bits per heavy atom. The fraction of sp³-hybridized carbons (Fsp3) is 0.190.